The van der Waals surface area contributed by atoms with Crippen molar-refractivity contribution in [1.29, 1.82) is 0 Å². The number of methoxy groups -OCH3 is 1. The van der Waals surface area contributed by atoms with E-state index in [2.05, 4.69) is 10.6 Å². The molecular formula is C28H24N2O3. The molecule has 0 spiro atoms. The van der Waals surface area contributed by atoms with Gasteiger partial charge in [-0.2, -0.15) is 0 Å². The van der Waals surface area contributed by atoms with E-state index in [0.29, 0.717) is 17.0 Å². The lowest BCUT2D eigenvalue weighted by atomic mass is 10.0. The van der Waals surface area contributed by atoms with Crippen molar-refractivity contribution in [2.24, 2.45) is 0 Å². The minimum absolute atomic E-state index is 0.139. The van der Waals surface area contributed by atoms with E-state index in [4.69, 9.17) is 4.74 Å². The first-order chi connectivity index (χ1) is 16.0. The second-order valence-corrected chi connectivity index (χ2v) is 7.63. The van der Waals surface area contributed by atoms with Crippen molar-refractivity contribution in [1.82, 2.24) is 5.32 Å². The molecule has 0 unspecified atom stereocenters. The molecule has 5 heteroatoms. The molecule has 0 radical (unpaired) electrons. The van der Waals surface area contributed by atoms with E-state index < -0.39 is 5.91 Å². The summed E-state index contributed by atoms with van der Waals surface area (Å²) in [7, 11) is 1.56. The first kappa shape index (κ1) is 21.8. The largest absolute Gasteiger partial charge is 0.497 e. The Kier molecular flexibility index (Phi) is 6.51. The van der Waals surface area contributed by atoms with Gasteiger partial charge in [-0.05, 0) is 53.6 Å². The van der Waals surface area contributed by atoms with Crippen LogP contribution in [-0.4, -0.2) is 18.9 Å². The number of ether oxygens (including phenoxy) is 1. The van der Waals surface area contributed by atoms with Crippen molar-refractivity contribution in [2.75, 3.05) is 12.4 Å². The highest BCUT2D eigenvalue weighted by Gasteiger charge is 2.16. The summed E-state index contributed by atoms with van der Waals surface area (Å²) in [5.41, 5.74) is 3.05. The van der Waals surface area contributed by atoms with Gasteiger partial charge < -0.3 is 15.4 Å². The number of hydrogen-bond acceptors (Lipinski definition) is 3. The molecule has 0 bridgehead atoms. The van der Waals surface area contributed by atoms with Crippen LogP contribution in [0.4, 0.5) is 5.69 Å². The van der Waals surface area contributed by atoms with E-state index in [1.165, 1.54) is 0 Å². The van der Waals surface area contributed by atoms with E-state index in [9.17, 15) is 9.59 Å². The number of fused-ring (bicyclic) bond motifs is 1. The summed E-state index contributed by atoms with van der Waals surface area (Å²) in [5, 5.41) is 7.67. The molecule has 33 heavy (non-hydrogen) atoms. The summed E-state index contributed by atoms with van der Waals surface area (Å²) >= 11 is 0. The van der Waals surface area contributed by atoms with Crippen LogP contribution in [0.5, 0.6) is 5.75 Å². The average Bonchev–Trinajstić information content (AvgIpc) is 2.84. The Morgan fingerprint density at radius 1 is 0.848 bits per heavy atom. The van der Waals surface area contributed by atoms with Crippen LogP contribution in [0.2, 0.25) is 0 Å². The molecule has 0 saturated heterocycles. The number of anilines is 1. The molecule has 4 rings (SSSR count). The van der Waals surface area contributed by atoms with E-state index in [0.717, 1.165) is 21.9 Å². The Balaban J connectivity index is 1.70. The maximum absolute atomic E-state index is 13.2. The van der Waals surface area contributed by atoms with Gasteiger partial charge in [0.25, 0.3) is 11.8 Å². The number of rotatable bonds is 6. The third kappa shape index (κ3) is 5.28. The minimum Gasteiger partial charge on any atom is -0.497 e. The van der Waals surface area contributed by atoms with Crippen molar-refractivity contribution in [3.05, 3.63) is 113 Å². The van der Waals surface area contributed by atoms with Crippen LogP contribution in [0.1, 0.15) is 21.5 Å². The van der Waals surface area contributed by atoms with Crippen LogP contribution >= 0.6 is 0 Å². The zero-order valence-electron chi connectivity index (χ0n) is 18.5. The van der Waals surface area contributed by atoms with Crippen LogP contribution in [0.3, 0.4) is 0 Å². The summed E-state index contributed by atoms with van der Waals surface area (Å²) < 4.78 is 5.24. The Morgan fingerprint density at radius 2 is 1.58 bits per heavy atom. The molecule has 4 aromatic carbocycles. The van der Waals surface area contributed by atoms with Gasteiger partial charge in [0.1, 0.15) is 11.4 Å². The SMILES string of the molecule is COc1cccc(NC(=O)C(=Cc2cccc3ccccc23)NC(=O)c2ccc(C)cc2)c1. The predicted octanol–water partition coefficient (Wildman–Crippen LogP) is 5.57. The van der Waals surface area contributed by atoms with E-state index in [1.54, 1.807) is 49.6 Å². The van der Waals surface area contributed by atoms with Crippen LogP contribution in [0.25, 0.3) is 16.8 Å². The van der Waals surface area contributed by atoms with Gasteiger partial charge in [-0.15, -0.1) is 0 Å². The molecule has 164 valence electrons. The number of nitrogens with one attached hydrogen (secondary N) is 2. The molecule has 0 saturated carbocycles. The summed E-state index contributed by atoms with van der Waals surface area (Å²) in [6.07, 6.45) is 1.70. The molecule has 2 amide bonds. The molecule has 0 fully saturated rings. The third-order valence-electron chi connectivity index (χ3n) is 5.26. The monoisotopic (exact) mass is 436 g/mol. The molecule has 0 aliphatic rings. The first-order valence-corrected chi connectivity index (χ1v) is 10.6. The van der Waals surface area contributed by atoms with Crippen molar-refractivity contribution < 1.29 is 14.3 Å². The predicted molar refractivity (Wildman–Crippen MR) is 132 cm³/mol. The van der Waals surface area contributed by atoms with Crippen molar-refractivity contribution in [3.8, 4) is 5.75 Å². The summed E-state index contributed by atoms with van der Waals surface area (Å²) in [4.78, 5) is 26.2. The van der Waals surface area contributed by atoms with Crippen LogP contribution < -0.4 is 15.4 Å². The Morgan fingerprint density at radius 3 is 2.36 bits per heavy atom. The Hall–Kier alpha value is -4.38. The molecule has 2 N–H and O–H groups in total. The number of amides is 2. The highest BCUT2D eigenvalue weighted by atomic mass is 16.5. The van der Waals surface area contributed by atoms with Crippen LogP contribution in [0, 0.1) is 6.92 Å². The van der Waals surface area contributed by atoms with Gasteiger partial charge in [-0.1, -0.05) is 66.2 Å². The fourth-order valence-electron chi connectivity index (χ4n) is 3.49. The second-order valence-electron chi connectivity index (χ2n) is 7.63. The Labute approximate surface area is 192 Å². The first-order valence-electron chi connectivity index (χ1n) is 10.6. The lowest BCUT2D eigenvalue weighted by molar-refractivity contribution is -0.113. The molecule has 5 nitrogen and oxygen atoms in total. The van der Waals surface area contributed by atoms with Gasteiger partial charge in [-0.25, -0.2) is 0 Å². The maximum Gasteiger partial charge on any atom is 0.272 e. The number of carbonyl (C=O) groups excluding carboxylic acids is 2. The van der Waals surface area contributed by atoms with Gasteiger partial charge in [0.05, 0.1) is 7.11 Å². The average molecular weight is 437 g/mol. The molecule has 0 aromatic heterocycles. The smallest absolute Gasteiger partial charge is 0.272 e. The fraction of sp³-hybridized carbons (Fsp3) is 0.0714. The standard InChI is InChI=1S/C28H24N2O3/c1-19-13-15-21(16-14-19)27(31)30-26(28(32)29-23-10-6-11-24(18-23)33-2)17-22-9-5-8-20-7-3-4-12-25(20)22/h3-18H,1-2H3,(H,29,32)(H,30,31). The second kappa shape index (κ2) is 9.83. The summed E-state index contributed by atoms with van der Waals surface area (Å²) in [5.74, 6) is -0.171. The van der Waals surface area contributed by atoms with Gasteiger partial charge in [-0.3, -0.25) is 9.59 Å². The highest BCUT2D eigenvalue weighted by Crippen LogP contribution is 2.22. The topological polar surface area (TPSA) is 67.4 Å². The van der Waals surface area contributed by atoms with Gasteiger partial charge in [0.15, 0.2) is 0 Å². The van der Waals surface area contributed by atoms with Gasteiger partial charge in [0, 0.05) is 17.3 Å². The van der Waals surface area contributed by atoms with Crippen molar-refractivity contribution in [2.45, 2.75) is 6.92 Å². The number of benzene rings is 4. The lowest BCUT2D eigenvalue weighted by Gasteiger charge is -2.13. The Bertz CT molecular complexity index is 1340. The number of aryl methyl sites for hydroxylation is 1. The summed E-state index contributed by atoms with van der Waals surface area (Å²) in [6, 6.07) is 28.0. The molecular weight excluding hydrogens is 412 g/mol. The fourth-order valence-corrected chi connectivity index (χ4v) is 3.49. The molecule has 4 aromatic rings. The summed E-state index contributed by atoms with van der Waals surface area (Å²) in [6.45, 7) is 1.95. The molecule has 0 aliphatic carbocycles. The third-order valence-corrected chi connectivity index (χ3v) is 5.26. The van der Waals surface area contributed by atoms with E-state index in [-0.39, 0.29) is 11.6 Å². The van der Waals surface area contributed by atoms with Gasteiger partial charge in [0.2, 0.25) is 0 Å². The maximum atomic E-state index is 13.2. The quantitative estimate of drug-likeness (QED) is 0.389. The lowest BCUT2D eigenvalue weighted by Crippen LogP contribution is -2.30. The minimum atomic E-state index is -0.434. The van der Waals surface area contributed by atoms with Crippen molar-refractivity contribution in [3.63, 3.8) is 0 Å². The molecule has 0 aliphatic heterocycles. The van der Waals surface area contributed by atoms with E-state index >= 15 is 0 Å². The van der Waals surface area contributed by atoms with Gasteiger partial charge >= 0.3 is 0 Å². The molecule has 0 heterocycles. The van der Waals surface area contributed by atoms with Crippen molar-refractivity contribution >= 4 is 34.4 Å². The zero-order valence-corrected chi connectivity index (χ0v) is 18.5. The van der Waals surface area contributed by atoms with Crippen LogP contribution in [-0.2, 0) is 4.79 Å². The number of hydrogen-bond donors (Lipinski definition) is 2. The van der Waals surface area contributed by atoms with Crippen LogP contribution in [0.15, 0.2) is 96.7 Å². The zero-order chi connectivity index (χ0) is 23.2. The van der Waals surface area contributed by atoms with E-state index in [1.807, 2.05) is 61.5 Å². The number of carbonyl (C=O) groups is 2. The normalized spacial score (nSPS) is 11.2. The molecule has 0 atom stereocenters. The highest BCUT2D eigenvalue weighted by molar-refractivity contribution is 6.11.